The van der Waals surface area contributed by atoms with Crippen LogP contribution in [0.5, 0.6) is 0 Å². The molecular weight excluding hydrogens is 274 g/mol. The van der Waals surface area contributed by atoms with Gasteiger partial charge in [-0.15, -0.1) is 0 Å². The van der Waals surface area contributed by atoms with Crippen LogP contribution >= 0.6 is 0 Å². The largest absolute Gasteiger partial charge is 0.335 e. The molecule has 0 saturated heterocycles. The van der Waals surface area contributed by atoms with Crippen LogP contribution in [0.3, 0.4) is 0 Å². The summed E-state index contributed by atoms with van der Waals surface area (Å²) in [5, 5.41) is 5.76. The number of nitrogens with one attached hydrogen (secondary N) is 2. The maximum absolute atomic E-state index is 11.9. The van der Waals surface area contributed by atoms with Gasteiger partial charge in [0.05, 0.1) is 0 Å². The highest BCUT2D eigenvalue weighted by atomic mass is 16.2. The minimum Gasteiger partial charge on any atom is -0.335 e. The van der Waals surface area contributed by atoms with Gasteiger partial charge >= 0.3 is 6.03 Å². The summed E-state index contributed by atoms with van der Waals surface area (Å²) in [4.78, 5) is 16.0. The van der Waals surface area contributed by atoms with Crippen molar-refractivity contribution < 1.29 is 4.79 Å². The van der Waals surface area contributed by atoms with Crippen molar-refractivity contribution in [3.05, 3.63) is 24.4 Å². The predicted molar refractivity (Wildman–Crippen MR) is 95.1 cm³/mol. The summed E-state index contributed by atoms with van der Waals surface area (Å²) in [6, 6.07) is 5.50. The van der Waals surface area contributed by atoms with Crippen LogP contribution in [0.1, 0.15) is 67.2 Å². The highest BCUT2D eigenvalue weighted by Crippen LogP contribution is 2.22. The molecule has 0 aromatic carbocycles. The Balaban J connectivity index is 0.00000211. The number of rotatable bonds is 6. The van der Waals surface area contributed by atoms with E-state index in [9.17, 15) is 4.79 Å². The minimum atomic E-state index is -0.175. The zero-order chi connectivity index (χ0) is 17.0. The van der Waals surface area contributed by atoms with E-state index in [1.165, 1.54) is 6.42 Å². The zero-order valence-electron chi connectivity index (χ0n) is 15.1. The fraction of sp³-hybridized carbons (Fsp3) is 0.667. The molecule has 0 aliphatic rings. The van der Waals surface area contributed by atoms with Gasteiger partial charge in [-0.05, 0) is 36.8 Å². The molecule has 2 N–H and O–H groups in total. The van der Waals surface area contributed by atoms with Crippen LogP contribution in [0.4, 0.5) is 10.6 Å². The van der Waals surface area contributed by atoms with Crippen molar-refractivity contribution in [2.75, 3.05) is 5.32 Å². The van der Waals surface area contributed by atoms with Crippen LogP contribution in [-0.2, 0) is 0 Å². The topological polar surface area (TPSA) is 54.0 Å². The summed E-state index contributed by atoms with van der Waals surface area (Å²) in [5.41, 5.74) is 0.356. The van der Waals surface area contributed by atoms with E-state index < -0.39 is 0 Å². The normalized spacial score (nSPS) is 11.9. The highest BCUT2D eigenvalue weighted by molar-refractivity contribution is 5.88. The molecule has 1 heterocycles. The van der Waals surface area contributed by atoms with Gasteiger partial charge in [0.2, 0.25) is 0 Å². The van der Waals surface area contributed by atoms with Gasteiger partial charge in [-0.1, -0.05) is 54.0 Å². The average Bonchev–Trinajstić information content (AvgIpc) is 2.48. The molecule has 1 aromatic heterocycles. The van der Waals surface area contributed by atoms with Crippen LogP contribution in [0.25, 0.3) is 0 Å². The number of hydrogen-bond acceptors (Lipinski definition) is 2. The molecule has 4 heteroatoms. The van der Waals surface area contributed by atoms with Crippen LogP contribution in [0, 0.1) is 5.41 Å². The molecule has 1 atom stereocenters. The standard InChI is InChI=1S/C16H27N3O.C2H6/c1-5-13(9-8-11-16(2,3)4)18-15(20)19-14-10-6-7-12-17-14;1-2/h6-7,10,12-13H,5,8-9,11H2,1-4H3,(H2,17,18,19,20);1-2H3. The molecule has 4 nitrogen and oxygen atoms in total. The summed E-state index contributed by atoms with van der Waals surface area (Å²) in [7, 11) is 0. The Morgan fingerprint density at radius 1 is 1.27 bits per heavy atom. The smallest absolute Gasteiger partial charge is 0.320 e. The lowest BCUT2D eigenvalue weighted by Gasteiger charge is -2.21. The van der Waals surface area contributed by atoms with Crippen LogP contribution in [0.15, 0.2) is 24.4 Å². The van der Waals surface area contributed by atoms with E-state index in [-0.39, 0.29) is 12.1 Å². The Labute approximate surface area is 136 Å². The van der Waals surface area contributed by atoms with Gasteiger partial charge in [0.25, 0.3) is 0 Å². The van der Waals surface area contributed by atoms with Gasteiger partial charge in [0.1, 0.15) is 5.82 Å². The Kier molecular flexibility index (Phi) is 10.3. The van der Waals surface area contributed by atoms with Crippen molar-refractivity contribution in [2.45, 2.75) is 73.3 Å². The van der Waals surface area contributed by atoms with Crippen LogP contribution < -0.4 is 10.6 Å². The molecule has 2 amide bonds. The Bertz CT molecular complexity index is 399. The molecule has 126 valence electrons. The number of carbonyl (C=O) groups excluding carboxylic acids is 1. The number of amides is 2. The van der Waals surface area contributed by atoms with Gasteiger partial charge in [-0.25, -0.2) is 9.78 Å². The van der Waals surface area contributed by atoms with E-state index in [2.05, 4.69) is 43.3 Å². The number of aromatic nitrogens is 1. The first-order valence-electron chi connectivity index (χ1n) is 8.39. The molecule has 0 spiro atoms. The second-order valence-corrected chi connectivity index (χ2v) is 6.37. The SMILES string of the molecule is CC.CCC(CCCC(C)(C)C)NC(=O)Nc1ccccn1. The first kappa shape index (κ1) is 20.4. The number of hydrogen-bond donors (Lipinski definition) is 2. The summed E-state index contributed by atoms with van der Waals surface area (Å²) >= 11 is 0. The quantitative estimate of drug-likeness (QED) is 0.756. The number of urea groups is 1. The summed E-state index contributed by atoms with van der Waals surface area (Å²) < 4.78 is 0. The molecule has 0 saturated carbocycles. The van der Waals surface area contributed by atoms with Crippen molar-refractivity contribution in [3.8, 4) is 0 Å². The van der Waals surface area contributed by atoms with E-state index in [1.54, 1.807) is 12.3 Å². The molecule has 0 fully saturated rings. The van der Waals surface area contributed by atoms with E-state index >= 15 is 0 Å². The molecule has 0 radical (unpaired) electrons. The molecule has 1 aromatic rings. The predicted octanol–water partition coefficient (Wildman–Crippen LogP) is 5.22. The second kappa shape index (κ2) is 11.0. The first-order chi connectivity index (χ1) is 10.4. The minimum absolute atomic E-state index is 0.175. The monoisotopic (exact) mass is 307 g/mol. The molecule has 22 heavy (non-hydrogen) atoms. The van der Waals surface area contributed by atoms with Gasteiger partial charge < -0.3 is 5.32 Å². The first-order valence-corrected chi connectivity index (χ1v) is 8.39. The van der Waals surface area contributed by atoms with Crippen molar-refractivity contribution in [1.82, 2.24) is 10.3 Å². The summed E-state index contributed by atoms with van der Waals surface area (Å²) in [6.45, 7) is 12.8. The fourth-order valence-corrected chi connectivity index (χ4v) is 2.03. The number of nitrogens with zero attached hydrogens (tertiary/aromatic N) is 1. The average molecular weight is 307 g/mol. The van der Waals surface area contributed by atoms with Gasteiger partial charge in [0, 0.05) is 12.2 Å². The Hall–Kier alpha value is -1.58. The van der Waals surface area contributed by atoms with E-state index in [4.69, 9.17) is 0 Å². The number of pyridine rings is 1. The molecule has 1 rings (SSSR count). The molecular formula is C18H33N3O. The van der Waals surface area contributed by atoms with Crippen molar-refractivity contribution in [3.63, 3.8) is 0 Å². The lowest BCUT2D eigenvalue weighted by Crippen LogP contribution is -2.37. The van der Waals surface area contributed by atoms with Gasteiger partial charge in [-0.2, -0.15) is 0 Å². The van der Waals surface area contributed by atoms with E-state index in [1.807, 2.05) is 26.0 Å². The van der Waals surface area contributed by atoms with Crippen LogP contribution in [-0.4, -0.2) is 17.1 Å². The van der Waals surface area contributed by atoms with Crippen molar-refractivity contribution in [2.24, 2.45) is 5.41 Å². The third-order valence-corrected chi connectivity index (χ3v) is 3.21. The van der Waals surface area contributed by atoms with E-state index in [0.29, 0.717) is 11.2 Å². The second-order valence-electron chi connectivity index (χ2n) is 6.37. The maximum Gasteiger partial charge on any atom is 0.320 e. The fourth-order valence-electron chi connectivity index (χ4n) is 2.03. The highest BCUT2D eigenvalue weighted by Gasteiger charge is 2.14. The summed E-state index contributed by atoms with van der Waals surface area (Å²) in [6.07, 6.45) is 5.93. The number of anilines is 1. The lowest BCUT2D eigenvalue weighted by atomic mass is 9.89. The Morgan fingerprint density at radius 2 is 1.95 bits per heavy atom. The number of carbonyl (C=O) groups is 1. The zero-order valence-corrected chi connectivity index (χ0v) is 15.1. The van der Waals surface area contributed by atoms with E-state index in [0.717, 1.165) is 19.3 Å². The molecule has 0 aliphatic heterocycles. The third kappa shape index (κ3) is 10.2. The molecule has 0 aliphatic carbocycles. The molecule has 1 unspecified atom stereocenters. The van der Waals surface area contributed by atoms with Gasteiger partial charge in [0.15, 0.2) is 0 Å². The van der Waals surface area contributed by atoms with Crippen molar-refractivity contribution in [1.29, 1.82) is 0 Å². The third-order valence-electron chi connectivity index (χ3n) is 3.21. The van der Waals surface area contributed by atoms with Crippen molar-refractivity contribution >= 4 is 11.8 Å². The van der Waals surface area contributed by atoms with Crippen LogP contribution in [0.2, 0.25) is 0 Å². The summed E-state index contributed by atoms with van der Waals surface area (Å²) in [5.74, 6) is 0.578. The molecule has 0 bridgehead atoms. The Morgan fingerprint density at radius 3 is 2.45 bits per heavy atom. The maximum atomic E-state index is 11.9. The van der Waals surface area contributed by atoms with Gasteiger partial charge in [-0.3, -0.25) is 5.32 Å². The lowest BCUT2D eigenvalue weighted by molar-refractivity contribution is 0.246.